The lowest BCUT2D eigenvalue weighted by molar-refractivity contribution is -0.113. The maximum absolute atomic E-state index is 12.5. The first-order chi connectivity index (χ1) is 13.0. The van der Waals surface area contributed by atoms with Crippen LogP contribution in [0.2, 0.25) is 0 Å². The molecule has 138 valence electrons. The average Bonchev–Trinajstić information content (AvgIpc) is 2.95. The van der Waals surface area contributed by atoms with Gasteiger partial charge in [0.2, 0.25) is 0 Å². The van der Waals surface area contributed by atoms with Crippen LogP contribution in [0.1, 0.15) is 22.8 Å². The van der Waals surface area contributed by atoms with Gasteiger partial charge >= 0.3 is 5.97 Å². The van der Waals surface area contributed by atoms with Crippen molar-refractivity contribution in [3.05, 3.63) is 62.1 Å². The molecule has 8 heteroatoms. The van der Waals surface area contributed by atoms with Crippen LogP contribution in [-0.2, 0) is 4.79 Å². The van der Waals surface area contributed by atoms with E-state index >= 15 is 0 Å². The second-order valence-corrected chi connectivity index (χ2v) is 7.60. The van der Waals surface area contributed by atoms with Crippen molar-refractivity contribution < 1.29 is 19.1 Å². The van der Waals surface area contributed by atoms with Crippen LogP contribution in [0.4, 0.5) is 0 Å². The van der Waals surface area contributed by atoms with Gasteiger partial charge in [-0.2, -0.15) is 4.99 Å². The van der Waals surface area contributed by atoms with Crippen molar-refractivity contribution in [2.45, 2.75) is 6.92 Å². The predicted molar refractivity (Wildman–Crippen MR) is 114 cm³/mol. The predicted octanol–water partition coefficient (Wildman–Crippen LogP) is 3.84. The van der Waals surface area contributed by atoms with Crippen molar-refractivity contribution in [2.24, 2.45) is 10.7 Å². The molecule has 0 unspecified atom stereocenters. The van der Waals surface area contributed by atoms with Crippen molar-refractivity contribution in [1.29, 1.82) is 0 Å². The van der Waals surface area contributed by atoms with Crippen molar-refractivity contribution >= 4 is 57.5 Å². The highest BCUT2D eigenvalue weighted by molar-refractivity contribution is 14.1. The molecule has 1 heterocycles. The van der Waals surface area contributed by atoms with Gasteiger partial charge < -0.3 is 15.2 Å². The van der Waals surface area contributed by atoms with E-state index in [0.29, 0.717) is 34.1 Å². The highest BCUT2D eigenvalue weighted by Crippen LogP contribution is 2.32. The molecule has 1 amide bonds. The zero-order valence-corrected chi connectivity index (χ0v) is 17.2. The Morgan fingerprint density at radius 3 is 2.70 bits per heavy atom. The van der Waals surface area contributed by atoms with Crippen LogP contribution >= 0.6 is 34.4 Å². The van der Waals surface area contributed by atoms with Gasteiger partial charge in [0, 0.05) is 3.57 Å². The molecular weight excluding hydrogens is 479 g/mol. The Kier molecular flexibility index (Phi) is 6.17. The summed E-state index contributed by atoms with van der Waals surface area (Å²) in [5, 5.41) is 0.222. The Morgan fingerprint density at radius 2 is 2.04 bits per heavy atom. The number of nitrogens with two attached hydrogens (primary N) is 1. The fourth-order valence-corrected chi connectivity index (χ4v) is 3.61. The maximum Gasteiger partial charge on any atom is 0.344 e. The van der Waals surface area contributed by atoms with Crippen molar-refractivity contribution in [2.75, 3.05) is 6.61 Å². The Morgan fingerprint density at radius 1 is 1.26 bits per heavy atom. The molecule has 0 saturated carbocycles. The van der Waals surface area contributed by atoms with Gasteiger partial charge in [-0.25, -0.2) is 4.79 Å². The molecule has 6 nitrogen and oxygen atoms in total. The molecule has 0 spiro atoms. The van der Waals surface area contributed by atoms with Gasteiger partial charge in [0.1, 0.15) is 0 Å². The van der Waals surface area contributed by atoms with Crippen LogP contribution < -0.4 is 15.2 Å². The molecule has 1 aliphatic rings. The third-order valence-electron chi connectivity index (χ3n) is 3.50. The minimum atomic E-state index is -0.463. The number of ether oxygens (including phenoxy) is 2. The van der Waals surface area contributed by atoms with E-state index in [2.05, 4.69) is 27.6 Å². The molecule has 0 aliphatic carbocycles. The summed E-state index contributed by atoms with van der Waals surface area (Å²) in [6.07, 6.45) is 1.67. The molecule has 2 aromatic carbocycles. The van der Waals surface area contributed by atoms with E-state index < -0.39 is 5.97 Å². The first-order valence-corrected chi connectivity index (χ1v) is 9.89. The summed E-state index contributed by atoms with van der Waals surface area (Å²) < 4.78 is 11.9. The van der Waals surface area contributed by atoms with Gasteiger partial charge in [-0.1, -0.05) is 18.2 Å². The van der Waals surface area contributed by atoms with Gasteiger partial charge in [0.05, 0.1) is 17.1 Å². The summed E-state index contributed by atoms with van der Waals surface area (Å²) in [5.41, 5.74) is 6.76. The molecule has 3 rings (SSSR count). The molecule has 0 radical (unpaired) electrons. The summed E-state index contributed by atoms with van der Waals surface area (Å²) in [5.74, 6) is -0.111. The lowest BCUT2D eigenvalue weighted by atomic mass is 10.1. The van der Waals surface area contributed by atoms with Crippen LogP contribution in [-0.4, -0.2) is 23.7 Å². The molecule has 0 atom stereocenters. The number of thioether (sulfide) groups is 1. The van der Waals surface area contributed by atoms with E-state index in [-0.39, 0.29) is 11.1 Å². The van der Waals surface area contributed by atoms with Crippen LogP contribution in [0.5, 0.6) is 11.5 Å². The number of benzene rings is 2. The van der Waals surface area contributed by atoms with E-state index in [0.717, 1.165) is 15.3 Å². The molecule has 0 saturated heterocycles. The van der Waals surface area contributed by atoms with Gasteiger partial charge in [-0.3, -0.25) is 4.79 Å². The number of hydrogen-bond donors (Lipinski definition) is 1. The smallest absolute Gasteiger partial charge is 0.344 e. The monoisotopic (exact) mass is 494 g/mol. The largest absolute Gasteiger partial charge is 0.490 e. The van der Waals surface area contributed by atoms with Crippen LogP contribution in [0.15, 0.2) is 52.4 Å². The van der Waals surface area contributed by atoms with E-state index in [1.165, 1.54) is 0 Å². The SMILES string of the molecule is CCOc1cc(/C=C2\SC(N)=NC2=O)ccc1OC(=O)c1ccccc1I. The quantitative estimate of drug-likeness (QED) is 0.294. The third-order valence-corrected chi connectivity index (χ3v) is 5.25. The molecule has 0 bridgehead atoms. The first kappa shape index (κ1) is 19.4. The first-order valence-electron chi connectivity index (χ1n) is 7.99. The number of amides is 1. The summed E-state index contributed by atoms with van der Waals surface area (Å²) in [7, 11) is 0. The zero-order valence-electron chi connectivity index (χ0n) is 14.3. The number of rotatable bonds is 5. The van der Waals surface area contributed by atoms with Crippen molar-refractivity contribution in [1.82, 2.24) is 0 Å². The van der Waals surface area contributed by atoms with Gasteiger partial charge in [-0.05, 0) is 77.2 Å². The fraction of sp³-hybridized carbons (Fsp3) is 0.105. The van der Waals surface area contributed by atoms with E-state index in [4.69, 9.17) is 15.2 Å². The van der Waals surface area contributed by atoms with Crippen molar-refractivity contribution in [3.8, 4) is 11.5 Å². The number of aliphatic imine (C=N–C) groups is 1. The second-order valence-electron chi connectivity index (χ2n) is 5.37. The lowest BCUT2D eigenvalue weighted by Gasteiger charge is -2.12. The normalized spacial score (nSPS) is 15.0. The minimum absolute atomic E-state index is 0.222. The van der Waals surface area contributed by atoms with Gasteiger partial charge in [-0.15, -0.1) is 0 Å². The number of amidine groups is 1. The number of halogens is 1. The van der Waals surface area contributed by atoms with E-state index in [9.17, 15) is 9.59 Å². The topological polar surface area (TPSA) is 91.0 Å². The van der Waals surface area contributed by atoms with Crippen LogP contribution in [0.25, 0.3) is 6.08 Å². The van der Waals surface area contributed by atoms with Gasteiger partial charge in [0.15, 0.2) is 16.7 Å². The number of nitrogens with zero attached hydrogens (tertiary/aromatic N) is 1. The van der Waals surface area contributed by atoms with E-state index in [1.54, 1.807) is 36.4 Å². The maximum atomic E-state index is 12.5. The molecule has 2 N–H and O–H groups in total. The van der Waals surface area contributed by atoms with Crippen LogP contribution in [0, 0.1) is 3.57 Å². The van der Waals surface area contributed by atoms with Crippen molar-refractivity contribution in [3.63, 3.8) is 0 Å². The van der Waals surface area contributed by atoms with E-state index in [1.807, 2.05) is 19.1 Å². The highest BCUT2D eigenvalue weighted by Gasteiger charge is 2.20. The third kappa shape index (κ3) is 4.69. The molecular formula is C19H15IN2O4S. The fourth-order valence-electron chi connectivity index (χ4n) is 2.33. The van der Waals surface area contributed by atoms with Crippen LogP contribution in [0.3, 0.4) is 0 Å². The molecule has 1 aliphatic heterocycles. The number of carbonyl (C=O) groups is 2. The number of hydrogen-bond acceptors (Lipinski definition) is 6. The standard InChI is InChI=1S/C19H15IN2O4S/c1-2-25-15-9-11(10-16-17(23)22-19(21)27-16)7-8-14(15)26-18(24)12-5-3-4-6-13(12)20/h3-10H,2H2,1H3,(H2,21,22,23)/b16-10-. The molecule has 2 aromatic rings. The lowest BCUT2D eigenvalue weighted by Crippen LogP contribution is -2.11. The average molecular weight is 494 g/mol. The molecule has 27 heavy (non-hydrogen) atoms. The highest BCUT2D eigenvalue weighted by atomic mass is 127. The number of esters is 1. The summed E-state index contributed by atoms with van der Waals surface area (Å²) in [6, 6.07) is 12.2. The molecule has 0 aromatic heterocycles. The summed E-state index contributed by atoms with van der Waals surface area (Å²) >= 11 is 3.20. The second kappa shape index (κ2) is 8.57. The Bertz CT molecular complexity index is 972. The Balaban J connectivity index is 1.86. The Hall–Kier alpha value is -2.33. The summed E-state index contributed by atoms with van der Waals surface area (Å²) in [6.45, 7) is 2.24. The summed E-state index contributed by atoms with van der Waals surface area (Å²) in [4.78, 5) is 28.3. The van der Waals surface area contributed by atoms with Gasteiger partial charge in [0.25, 0.3) is 5.91 Å². The minimum Gasteiger partial charge on any atom is -0.490 e. The molecule has 0 fully saturated rings. The number of carbonyl (C=O) groups excluding carboxylic acids is 2. The Labute approximate surface area is 174 Å². The zero-order chi connectivity index (χ0) is 19.4.